The van der Waals surface area contributed by atoms with Crippen LogP contribution in [0.3, 0.4) is 0 Å². The van der Waals surface area contributed by atoms with Crippen LogP contribution in [0.2, 0.25) is 0 Å². The lowest BCUT2D eigenvalue weighted by atomic mass is 9.92. The highest BCUT2D eigenvalue weighted by atomic mass is 15.3. The van der Waals surface area contributed by atoms with Crippen molar-refractivity contribution in [3.8, 4) is 0 Å². The number of hydrogen-bond acceptors (Lipinski definition) is 1. The third-order valence-corrected chi connectivity index (χ3v) is 3.33. The largest absolute Gasteiger partial charge is 0.309 e. The molecule has 1 unspecified atom stereocenters. The molecule has 2 aliphatic rings. The molecule has 0 bridgehead atoms. The van der Waals surface area contributed by atoms with E-state index in [4.69, 9.17) is 6.57 Å². The van der Waals surface area contributed by atoms with Crippen molar-refractivity contribution in [2.45, 2.75) is 50.7 Å². The van der Waals surface area contributed by atoms with Crippen LogP contribution in [0.1, 0.15) is 33.1 Å². The van der Waals surface area contributed by atoms with Gasteiger partial charge in [-0.2, -0.15) is 0 Å². The molecule has 1 saturated heterocycles. The van der Waals surface area contributed by atoms with Crippen LogP contribution in [-0.4, -0.2) is 29.1 Å². The fourth-order valence-electron chi connectivity index (χ4n) is 2.25. The highest BCUT2D eigenvalue weighted by molar-refractivity contribution is 5.21. The smallest absolute Gasteiger partial charge is 0.248 e. The molecule has 0 aromatic carbocycles. The van der Waals surface area contributed by atoms with Gasteiger partial charge in [-0.25, -0.2) is 6.57 Å². The van der Waals surface area contributed by atoms with Crippen LogP contribution in [0.25, 0.3) is 4.85 Å². The average molecular weight is 164 g/mol. The quantitative estimate of drug-likeness (QED) is 0.566. The summed E-state index contributed by atoms with van der Waals surface area (Å²) < 4.78 is 0. The van der Waals surface area contributed by atoms with Gasteiger partial charge in [-0.3, -0.25) is 4.90 Å². The molecule has 1 atom stereocenters. The van der Waals surface area contributed by atoms with E-state index in [-0.39, 0.29) is 5.54 Å². The molecular formula is C10H16N2. The molecule has 0 aromatic heterocycles. The summed E-state index contributed by atoms with van der Waals surface area (Å²) in [6.07, 6.45) is 3.54. The maximum atomic E-state index is 7.16. The maximum Gasteiger partial charge on any atom is 0.248 e. The van der Waals surface area contributed by atoms with Gasteiger partial charge in [0, 0.05) is 25.4 Å². The zero-order valence-electron chi connectivity index (χ0n) is 7.88. The van der Waals surface area contributed by atoms with Crippen molar-refractivity contribution in [2.24, 2.45) is 0 Å². The van der Waals surface area contributed by atoms with Crippen molar-refractivity contribution in [3.63, 3.8) is 0 Å². The van der Waals surface area contributed by atoms with Crippen LogP contribution in [0.5, 0.6) is 0 Å². The predicted octanol–water partition coefficient (Wildman–Crippen LogP) is 1.92. The Kier molecular flexibility index (Phi) is 1.66. The van der Waals surface area contributed by atoms with Crippen LogP contribution < -0.4 is 0 Å². The molecule has 2 rings (SSSR count). The Hall–Kier alpha value is -0.550. The molecule has 0 amide bonds. The molecule has 0 aromatic rings. The van der Waals surface area contributed by atoms with Crippen LogP contribution in [0.4, 0.5) is 0 Å². The Labute approximate surface area is 74.4 Å². The molecule has 1 heterocycles. The normalized spacial score (nSPS) is 32.7. The first-order valence-corrected chi connectivity index (χ1v) is 4.84. The highest BCUT2D eigenvalue weighted by Crippen LogP contribution is 2.49. The SMILES string of the molecule is [C-]#[N+]C1(C2CCN2C(C)C)CC1. The summed E-state index contributed by atoms with van der Waals surface area (Å²) in [6.45, 7) is 12.8. The maximum absolute atomic E-state index is 7.16. The van der Waals surface area contributed by atoms with Crippen molar-refractivity contribution in [2.75, 3.05) is 6.54 Å². The number of likely N-dealkylation sites (tertiary alicyclic amines) is 1. The van der Waals surface area contributed by atoms with Crippen LogP contribution >= 0.6 is 0 Å². The standard InChI is InChI=1S/C10H16N2/c1-8(2)12-7-4-9(12)10(11-3)5-6-10/h8-9H,4-7H2,1-2H3. The summed E-state index contributed by atoms with van der Waals surface area (Å²) in [5, 5.41) is 0. The fraction of sp³-hybridized carbons (Fsp3) is 0.900. The Morgan fingerprint density at radius 3 is 2.42 bits per heavy atom. The van der Waals surface area contributed by atoms with Crippen molar-refractivity contribution in [3.05, 3.63) is 11.4 Å². The van der Waals surface area contributed by atoms with Gasteiger partial charge in [0.2, 0.25) is 5.54 Å². The summed E-state index contributed by atoms with van der Waals surface area (Å²) >= 11 is 0. The first-order chi connectivity index (χ1) is 5.69. The van der Waals surface area contributed by atoms with E-state index >= 15 is 0 Å². The van der Waals surface area contributed by atoms with Crippen molar-refractivity contribution in [1.82, 2.24) is 4.90 Å². The second-order valence-electron chi connectivity index (χ2n) is 4.35. The fourth-order valence-corrected chi connectivity index (χ4v) is 2.25. The molecule has 2 heteroatoms. The van der Waals surface area contributed by atoms with E-state index in [1.165, 1.54) is 13.0 Å². The van der Waals surface area contributed by atoms with E-state index in [1.807, 2.05) is 0 Å². The van der Waals surface area contributed by atoms with Crippen LogP contribution in [0, 0.1) is 6.57 Å². The molecule has 2 fully saturated rings. The Balaban J connectivity index is 2.03. The first-order valence-electron chi connectivity index (χ1n) is 4.84. The minimum absolute atomic E-state index is 0.0581. The third-order valence-electron chi connectivity index (χ3n) is 3.33. The van der Waals surface area contributed by atoms with Gasteiger partial charge < -0.3 is 4.85 Å². The minimum Gasteiger partial charge on any atom is -0.309 e. The molecular weight excluding hydrogens is 148 g/mol. The highest BCUT2D eigenvalue weighted by Gasteiger charge is 2.62. The van der Waals surface area contributed by atoms with E-state index in [2.05, 4.69) is 23.6 Å². The zero-order chi connectivity index (χ0) is 8.77. The lowest BCUT2D eigenvalue weighted by Gasteiger charge is -2.44. The molecule has 12 heavy (non-hydrogen) atoms. The molecule has 66 valence electrons. The molecule has 1 aliphatic heterocycles. The zero-order valence-corrected chi connectivity index (χ0v) is 7.88. The third kappa shape index (κ3) is 0.964. The van der Waals surface area contributed by atoms with Gasteiger partial charge in [0.25, 0.3) is 0 Å². The first kappa shape index (κ1) is 8.07. The molecule has 1 saturated carbocycles. The van der Waals surface area contributed by atoms with E-state index < -0.39 is 0 Å². The summed E-state index contributed by atoms with van der Waals surface area (Å²) in [6, 6.07) is 1.22. The van der Waals surface area contributed by atoms with Crippen molar-refractivity contribution >= 4 is 0 Å². The van der Waals surface area contributed by atoms with Gasteiger partial charge in [0.05, 0.1) is 6.04 Å². The Morgan fingerprint density at radius 2 is 2.17 bits per heavy atom. The van der Waals surface area contributed by atoms with Crippen LogP contribution in [-0.2, 0) is 0 Å². The molecule has 0 N–H and O–H groups in total. The van der Waals surface area contributed by atoms with Crippen molar-refractivity contribution in [1.29, 1.82) is 0 Å². The van der Waals surface area contributed by atoms with Crippen molar-refractivity contribution < 1.29 is 0 Å². The monoisotopic (exact) mass is 164 g/mol. The number of rotatable bonds is 2. The van der Waals surface area contributed by atoms with E-state index in [0.717, 1.165) is 12.8 Å². The van der Waals surface area contributed by atoms with E-state index in [1.54, 1.807) is 0 Å². The van der Waals surface area contributed by atoms with Gasteiger partial charge in [0.15, 0.2) is 0 Å². The Bertz CT molecular complexity index is 222. The summed E-state index contributed by atoms with van der Waals surface area (Å²) in [4.78, 5) is 6.27. The molecule has 2 nitrogen and oxygen atoms in total. The molecule has 0 radical (unpaired) electrons. The number of hydrogen-bond donors (Lipinski definition) is 0. The lowest BCUT2D eigenvalue weighted by Crippen LogP contribution is -2.57. The predicted molar refractivity (Wildman–Crippen MR) is 48.8 cm³/mol. The molecule has 1 aliphatic carbocycles. The lowest BCUT2D eigenvalue weighted by molar-refractivity contribution is 0.0412. The second-order valence-corrected chi connectivity index (χ2v) is 4.35. The molecule has 0 spiro atoms. The topological polar surface area (TPSA) is 7.60 Å². The second kappa shape index (κ2) is 2.47. The van der Waals surface area contributed by atoms with Crippen LogP contribution in [0.15, 0.2) is 0 Å². The van der Waals surface area contributed by atoms with Gasteiger partial charge >= 0.3 is 0 Å². The van der Waals surface area contributed by atoms with E-state index in [9.17, 15) is 0 Å². The van der Waals surface area contributed by atoms with Gasteiger partial charge in [-0.1, -0.05) is 0 Å². The van der Waals surface area contributed by atoms with Gasteiger partial charge in [0.1, 0.15) is 0 Å². The summed E-state index contributed by atoms with van der Waals surface area (Å²) in [5.74, 6) is 0. The van der Waals surface area contributed by atoms with Gasteiger partial charge in [-0.05, 0) is 20.3 Å². The average Bonchev–Trinajstić information content (AvgIpc) is 2.65. The minimum atomic E-state index is 0.0581. The number of nitrogens with zero attached hydrogens (tertiary/aromatic N) is 2. The van der Waals surface area contributed by atoms with E-state index in [0.29, 0.717) is 12.1 Å². The summed E-state index contributed by atoms with van der Waals surface area (Å²) in [5.41, 5.74) is 0.0581. The Morgan fingerprint density at radius 1 is 1.50 bits per heavy atom. The summed E-state index contributed by atoms with van der Waals surface area (Å²) in [7, 11) is 0. The van der Waals surface area contributed by atoms with Gasteiger partial charge in [-0.15, -0.1) is 0 Å².